The van der Waals surface area contributed by atoms with Crippen molar-refractivity contribution in [2.24, 2.45) is 14.1 Å². The lowest BCUT2D eigenvalue weighted by atomic mass is 10.3. The van der Waals surface area contributed by atoms with Gasteiger partial charge >= 0.3 is 0 Å². The molecule has 22 heavy (non-hydrogen) atoms. The van der Waals surface area contributed by atoms with E-state index in [1.54, 1.807) is 47.8 Å². The molecule has 0 atom stereocenters. The summed E-state index contributed by atoms with van der Waals surface area (Å²) in [6.45, 7) is 1.94. The van der Waals surface area contributed by atoms with E-state index in [1.807, 2.05) is 6.92 Å². The first kappa shape index (κ1) is 15.7. The van der Waals surface area contributed by atoms with Crippen molar-refractivity contribution in [3.63, 3.8) is 0 Å². The van der Waals surface area contributed by atoms with Gasteiger partial charge in [-0.05, 0) is 12.5 Å². The predicted octanol–water partition coefficient (Wildman–Crippen LogP) is 1.94. The summed E-state index contributed by atoms with van der Waals surface area (Å²) < 4.78 is 3.39. The number of aryl methyl sites for hydroxylation is 2. The molecule has 2 aromatic heterocycles. The summed E-state index contributed by atoms with van der Waals surface area (Å²) in [5.74, 6) is 0.245. The van der Waals surface area contributed by atoms with Gasteiger partial charge in [-0.15, -0.1) is 0 Å². The first-order valence-corrected chi connectivity index (χ1v) is 7.10. The average Bonchev–Trinajstić information content (AvgIpc) is 2.93. The molecule has 0 bridgehead atoms. The molecule has 2 rings (SSSR count). The number of carbonyl (C=O) groups is 2. The van der Waals surface area contributed by atoms with Gasteiger partial charge in [0, 0.05) is 39.0 Å². The number of amides is 2. The summed E-state index contributed by atoms with van der Waals surface area (Å²) in [6, 6.07) is 3.33. The van der Waals surface area contributed by atoms with E-state index >= 15 is 0 Å². The number of hydrogen-bond donors (Lipinski definition) is 3. The van der Waals surface area contributed by atoms with Gasteiger partial charge in [0.1, 0.15) is 11.5 Å². The van der Waals surface area contributed by atoms with Crippen molar-refractivity contribution in [2.75, 3.05) is 16.4 Å². The summed E-state index contributed by atoms with van der Waals surface area (Å²) in [4.78, 5) is 23.9. The van der Waals surface area contributed by atoms with E-state index in [-0.39, 0.29) is 11.8 Å². The van der Waals surface area contributed by atoms with Crippen LogP contribution in [0.3, 0.4) is 0 Å². The zero-order valence-electron chi connectivity index (χ0n) is 13.0. The number of hydrogen-bond acceptors (Lipinski definition) is 3. The van der Waals surface area contributed by atoms with Crippen LogP contribution < -0.4 is 16.4 Å². The lowest BCUT2D eigenvalue weighted by Crippen LogP contribution is -2.14. The summed E-state index contributed by atoms with van der Waals surface area (Å²) in [7, 11) is 3.55. The Morgan fingerprint density at radius 1 is 1.09 bits per heavy atom. The molecule has 0 aliphatic carbocycles. The zero-order chi connectivity index (χ0) is 16.3. The molecule has 0 radical (unpaired) electrons. The van der Waals surface area contributed by atoms with E-state index in [9.17, 15) is 9.59 Å². The molecule has 2 heterocycles. The van der Waals surface area contributed by atoms with E-state index in [2.05, 4.69) is 10.6 Å². The van der Waals surface area contributed by atoms with E-state index in [0.29, 0.717) is 29.3 Å². The standard InChI is InChI=1S/C15H21N5O2/c1-4-5-14(21)17-10-6-12(19(2)8-10)15(22)18-11-7-13(16)20(3)9-11/h6-9H,4-5,16H2,1-3H3,(H,17,21)(H,18,22). The van der Waals surface area contributed by atoms with Gasteiger partial charge < -0.3 is 25.5 Å². The van der Waals surface area contributed by atoms with Crippen molar-refractivity contribution in [3.8, 4) is 0 Å². The number of anilines is 3. The van der Waals surface area contributed by atoms with Crippen molar-refractivity contribution in [2.45, 2.75) is 19.8 Å². The van der Waals surface area contributed by atoms with Crippen molar-refractivity contribution in [1.82, 2.24) is 9.13 Å². The molecule has 2 aromatic rings. The third-order valence-electron chi connectivity index (χ3n) is 3.30. The minimum atomic E-state index is -0.260. The molecule has 118 valence electrons. The average molecular weight is 303 g/mol. The second kappa shape index (κ2) is 6.38. The molecule has 7 nitrogen and oxygen atoms in total. The van der Waals surface area contributed by atoms with Gasteiger partial charge in [0.25, 0.3) is 5.91 Å². The van der Waals surface area contributed by atoms with Crippen LogP contribution in [0.5, 0.6) is 0 Å². The Balaban J connectivity index is 2.09. The van der Waals surface area contributed by atoms with Crippen molar-refractivity contribution < 1.29 is 9.59 Å². The van der Waals surface area contributed by atoms with E-state index in [1.165, 1.54) is 0 Å². The Labute approximate surface area is 129 Å². The van der Waals surface area contributed by atoms with Crippen LogP contribution in [0, 0.1) is 0 Å². The molecule has 0 spiro atoms. The molecule has 0 unspecified atom stereocenters. The number of nitrogens with two attached hydrogens (primary N) is 1. The first-order valence-electron chi connectivity index (χ1n) is 7.10. The van der Waals surface area contributed by atoms with Crippen molar-refractivity contribution in [1.29, 1.82) is 0 Å². The van der Waals surface area contributed by atoms with Crippen molar-refractivity contribution >= 4 is 29.0 Å². The fourth-order valence-corrected chi connectivity index (χ4v) is 2.15. The van der Waals surface area contributed by atoms with Gasteiger partial charge in [-0.2, -0.15) is 0 Å². The van der Waals surface area contributed by atoms with Crippen LogP contribution >= 0.6 is 0 Å². The highest BCUT2D eigenvalue weighted by atomic mass is 16.2. The topological polar surface area (TPSA) is 94.1 Å². The molecular formula is C15H21N5O2. The quantitative estimate of drug-likeness (QED) is 0.788. The molecule has 0 fully saturated rings. The Kier molecular flexibility index (Phi) is 4.55. The summed E-state index contributed by atoms with van der Waals surface area (Å²) in [6.07, 6.45) is 4.68. The maximum atomic E-state index is 12.3. The molecule has 4 N–H and O–H groups in total. The Morgan fingerprint density at radius 3 is 2.32 bits per heavy atom. The third-order valence-corrected chi connectivity index (χ3v) is 3.30. The molecule has 0 aliphatic rings. The predicted molar refractivity (Wildman–Crippen MR) is 86.7 cm³/mol. The maximum Gasteiger partial charge on any atom is 0.272 e. The van der Waals surface area contributed by atoms with Crippen LogP contribution in [0.25, 0.3) is 0 Å². The van der Waals surface area contributed by atoms with Gasteiger partial charge in [-0.3, -0.25) is 9.59 Å². The van der Waals surface area contributed by atoms with Gasteiger partial charge in [-0.1, -0.05) is 6.92 Å². The molecule has 0 saturated carbocycles. The van der Waals surface area contributed by atoms with Crippen LogP contribution in [0.2, 0.25) is 0 Å². The van der Waals surface area contributed by atoms with Gasteiger partial charge in [0.2, 0.25) is 5.91 Å². The molecule has 0 aliphatic heterocycles. The third kappa shape index (κ3) is 3.49. The van der Waals surface area contributed by atoms with Gasteiger partial charge in [0.15, 0.2) is 0 Å². The number of nitrogens with one attached hydrogen (secondary N) is 2. The summed E-state index contributed by atoms with van der Waals surface area (Å²) in [5.41, 5.74) is 7.42. The summed E-state index contributed by atoms with van der Waals surface area (Å²) in [5, 5.41) is 5.55. The fraction of sp³-hybridized carbons (Fsp3) is 0.333. The SMILES string of the molecule is CCCC(=O)Nc1cc(C(=O)Nc2cc(N)n(C)c2)n(C)c1. The number of rotatable bonds is 5. The van der Waals surface area contributed by atoms with E-state index in [4.69, 9.17) is 5.73 Å². The highest BCUT2D eigenvalue weighted by Crippen LogP contribution is 2.18. The second-order valence-corrected chi connectivity index (χ2v) is 5.24. The summed E-state index contributed by atoms with van der Waals surface area (Å²) >= 11 is 0. The number of nitrogens with zero attached hydrogens (tertiary/aromatic N) is 2. The van der Waals surface area contributed by atoms with Crippen LogP contribution in [0.15, 0.2) is 24.5 Å². The lowest BCUT2D eigenvalue weighted by molar-refractivity contribution is -0.116. The molecule has 2 amide bonds. The second-order valence-electron chi connectivity index (χ2n) is 5.24. The number of nitrogen functional groups attached to an aromatic ring is 1. The minimum absolute atomic E-state index is 0.0594. The smallest absolute Gasteiger partial charge is 0.272 e. The lowest BCUT2D eigenvalue weighted by Gasteiger charge is -2.03. The number of carbonyl (C=O) groups excluding carboxylic acids is 2. The first-order chi connectivity index (χ1) is 10.4. The van der Waals surface area contributed by atoms with Crippen molar-refractivity contribution in [3.05, 3.63) is 30.2 Å². The normalized spacial score (nSPS) is 10.5. The minimum Gasteiger partial charge on any atom is -0.385 e. The maximum absolute atomic E-state index is 12.3. The Hall–Kier alpha value is -2.70. The van der Waals surface area contributed by atoms with Crippen LogP contribution in [-0.2, 0) is 18.9 Å². The van der Waals surface area contributed by atoms with Gasteiger partial charge in [0.05, 0.1) is 11.4 Å². The van der Waals surface area contributed by atoms with E-state index < -0.39 is 0 Å². The highest BCUT2D eigenvalue weighted by Gasteiger charge is 2.14. The molecule has 0 saturated heterocycles. The largest absolute Gasteiger partial charge is 0.385 e. The van der Waals surface area contributed by atoms with Gasteiger partial charge in [-0.25, -0.2) is 0 Å². The highest BCUT2D eigenvalue weighted by molar-refractivity contribution is 6.04. The number of aromatic nitrogens is 2. The Bertz CT molecular complexity index is 679. The van der Waals surface area contributed by atoms with Crippen LogP contribution in [0.4, 0.5) is 17.2 Å². The monoisotopic (exact) mass is 303 g/mol. The van der Waals surface area contributed by atoms with E-state index in [0.717, 1.165) is 6.42 Å². The zero-order valence-corrected chi connectivity index (χ0v) is 13.0. The fourth-order valence-electron chi connectivity index (χ4n) is 2.15. The molecular weight excluding hydrogens is 282 g/mol. The van der Waals surface area contributed by atoms with Crippen LogP contribution in [-0.4, -0.2) is 20.9 Å². The molecule has 0 aromatic carbocycles. The Morgan fingerprint density at radius 2 is 1.73 bits per heavy atom. The van der Waals surface area contributed by atoms with Crippen LogP contribution in [0.1, 0.15) is 30.3 Å². The molecule has 7 heteroatoms.